The predicted octanol–water partition coefficient (Wildman–Crippen LogP) is 3.88. The average Bonchev–Trinajstić information content (AvgIpc) is 2.74. The molecular weight excluding hydrogens is 349 g/mol. The number of nitrogens with zero attached hydrogens (tertiary/aromatic N) is 1. The van der Waals surface area contributed by atoms with E-state index in [0.29, 0.717) is 0 Å². The van der Waals surface area contributed by atoms with Crippen LogP contribution < -0.4 is 4.90 Å². The van der Waals surface area contributed by atoms with E-state index in [9.17, 15) is 4.79 Å². The summed E-state index contributed by atoms with van der Waals surface area (Å²) in [4.78, 5) is 14.6. The number of carbonyl (C=O) groups excluding carboxylic acids is 1. The predicted molar refractivity (Wildman–Crippen MR) is 85.6 cm³/mol. The summed E-state index contributed by atoms with van der Waals surface area (Å²) in [6.45, 7) is 2.10. The van der Waals surface area contributed by atoms with Crippen LogP contribution in [0.25, 0.3) is 0 Å². The third-order valence-electron chi connectivity index (χ3n) is 3.52. The molecule has 0 spiro atoms. The van der Waals surface area contributed by atoms with Gasteiger partial charge in [-0.05, 0) is 71.8 Å². The van der Waals surface area contributed by atoms with Crippen molar-refractivity contribution >= 4 is 34.2 Å². The van der Waals surface area contributed by atoms with E-state index in [2.05, 4.69) is 35.6 Å². The Morgan fingerprint density at radius 3 is 2.58 bits per heavy atom. The van der Waals surface area contributed by atoms with Crippen molar-refractivity contribution in [2.24, 2.45) is 0 Å². The highest BCUT2D eigenvalue weighted by Crippen LogP contribution is 2.33. The van der Waals surface area contributed by atoms with Gasteiger partial charge in [0.05, 0.1) is 0 Å². The zero-order valence-corrected chi connectivity index (χ0v) is 12.8. The monoisotopic (exact) mass is 363 g/mol. The summed E-state index contributed by atoms with van der Waals surface area (Å²) in [5.41, 5.74) is 3.07. The molecule has 0 aliphatic carbocycles. The molecule has 3 heteroatoms. The molecule has 2 aromatic carbocycles. The van der Waals surface area contributed by atoms with Gasteiger partial charge in [-0.1, -0.05) is 18.2 Å². The number of fused-ring (bicyclic) bond motifs is 1. The smallest absolute Gasteiger partial charge is 0.258 e. The summed E-state index contributed by atoms with van der Waals surface area (Å²) in [7, 11) is 0. The number of benzene rings is 2. The molecule has 2 nitrogen and oxygen atoms in total. The van der Waals surface area contributed by atoms with Crippen LogP contribution in [0.2, 0.25) is 0 Å². The van der Waals surface area contributed by atoms with Crippen LogP contribution in [0.5, 0.6) is 0 Å². The first-order valence-electron chi connectivity index (χ1n) is 6.34. The summed E-state index contributed by atoms with van der Waals surface area (Å²) < 4.78 is 1.14. The van der Waals surface area contributed by atoms with Crippen molar-refractivity contribution in [2.75, 3.05) is 4.90 Å². The second-order valence-electron chi connectivity index (χ2n) is 4.86. The second-order valence-corrected chi connectivity index (χ2v) is 6.11. The number of hydrogen-bond donors (Lipinski definition) is 0. The highest BCUT2D eigenvalue weighted by Gasteiger charge is 2.30. The number of rotatable bonds is 1. The van der Waals surface area contributed by atoms with Crippen LogP contribution >= 0.6 is 22.6 Å². The third-order valence-corrected chi connectivity index (χ3v) is 4.24. The highest BCUT2D eigenvalue weighted by atomic mass is 127. The molecule has 0 radical (unpaired) electrons. The summed E-state index contributed by atoms with van der Waals surface area (Å²) in [6.07, 6.45) is 0.937. The molecule has 1 aliphatic heterocycles. The summed E-state index contributed by atoms with van der Waals surface area (Å²) in [5.74, 6) is 0.0915. The van der Waals surface area contributed by atoms with Gasteiger partial charge in [-0.25, -0.2) is 0 Å². The van der Waals surface area contributed by atoms with E-state index in [4.69, 9.17) is 0 Å². The van der Waals surface area contributed by atoms with E-state index in [0.717, 1.165) is 21.2 Å². The van der Waals surface area contributed by atoms with E-state index in [-0.39, 0.29) is 11.9 Å². The Kier molecular flexibility index (Phi) is 3.31. The summed E-state index contributed by atoms with van der Waals surface area (Å²) in [5, 5.41) is 0. The number of anilines is 1. The lowest BCUT2D eigenvalue weighted by molar-refractivity contribution is 0.0981. The number of halogens is 1. The van der Waals surface area contributed by atoms with Crippen molar-refractivity contribution in [1.82, 2.24) is 0 Å². The molecule has 19 heavy (non-hydrogen) atoms. The molecule has 96 valence electrons. The van der Waals surface area contributed by atoms with Crippen LogP contribution in [0, 0.1) is 3.57 Å². The summed E-state index contributed by atoms with van der Waals surface area (Å²) in [6, 6.07) is 16.1. The fraction of sp³-hybridized carbons (Fsp3) is 0.188. The lowest BCUT2D eigenvalue weighted by Crippen LogP contribution is -2.35. The van der Waals surface area contributed by atoms with Gasteiger partial charge in [-0.3, -0.25) is 4.79 Å². The van der Waals surface area contributed by atoms with E-state index in [1.54, 1.807) is 0 Å². The van der Waals surface area contributed by atoms with E-state index >= 15 is 0 Å². The number of carbonyl (C=O) groups is 1. The highest BCUT2D eigenvalue weighted by molar-refractivity contribution is 14.1. The van der Waals surface area contributed by atoms with Crippen LogP contribution in [0.1, 0.15) is 22.8 Å². The van der Waals surface area contributed by atoms with Crippen molar-refractivity contribution in [3.8, 4) is 0 Å². The average molecular weight is 363 g/mol. The van der Waals surface area contributed by atoms with Gasteiger partial charge in [0.15, 0.2) is 0 Å². The van der Waals surface area contributed by atoms with Crippen LogP contribution in [0.3, 0.4) is 0 Å². The molecule has 2 aromatic rings. The molecule has 3 rings (SSSR count). The molecule has 1 heterocycles. The van der Waals surface area contributed by atoms with Crippen molar-refractivity contribution in [1.29, 1.82) is 0 Å². The molecule has 0 aromatic heterocycles. The molecule has 1 amide bonds. The Bertz CT molecular complexity index is 621. The standard InChI is InChI=1S/C16H14INO/c1-11-10-13-4-2-3-5-15(13)18(11)16(19)12-6-8-14(17)9-7-12/h2-9,11H,10H2,1H3/t11-/m0/s1. The van der Waals surface area contributed by atoms with Gasteiger partial charge in [-0.2, -0.15) is 0 Å². The zero-order chi connectivity index (χ0) is 13.4. The number of para-hydroxylation sites is 1. The van der Waals surface area contributed by atoms with Crippen LogP contribution in [-0.4, -0.2) is 11.9 Å². The van der Waals surface area contributed by atoms with Gasteiger partial charge in [0, 0.05) is 20.9 Å². The van der Waals surface area contributed by atoms with Crippen LogP contribution in [-0.2, 0) is 6.42 Å². The van der Waals surface area contributed by atoms with Crippen molar-refractivity contribution in [3.63, 3.8) is 0 Å². The molecule has 0 saturated heterocycles. The maximum absolute atomic E-state index is 12.7. The van der Waals surface area contributed by atoms with Gasteiger partial charge < -0.3 is 4.90 Å². The molecule has 0 bridgehead atoms. The summed E-state index contributed by atoms with van der Waals surface area (Å²) >= 11 is 2.25. The fourth-order valence-corrected chi connectivity index (χ4v) is 2.97. The minimum Gasteiger partial charge on any atom is -0.305 e. The van der Waals surface area contributed by atoms with Crippen molar-refractivity contribution in [2.45, 2.75) is 19.4 Å². The number of hydrogen-bond acceptors (Lipinski definition) is 1. The number of amides is 1. The zero-order valence-electron chi connectivity index (χ0n) is 10.6. The van der Waals surface area contributed by atoms with E-state index in [1.807, 2.05) is 47.4 Å². The topological polar surface area (TPSA) is 20.3 Å². The minimum atomic E-state index is 0.0915. The first kappa shape index (κ1) is 12.7. The minimum absolute atomic E-state index is 0.0915. The van der Waals surface area contributed by atoms with Gasteiger partial charge in [-0.15, -0.1) is 0 Å². The van der Waals surface area contributed by atoms with Crippen molar-refractivity contribution in [3.05, 3.63) is 63.2 Å². The second kappa shape index (κ2) is 4.96. The SMILES string of the molecule is C[C@H]1Cc2ccccc2N1C(=O)c1ccc(I)cc1. The fourth-order valence-electron chi connectivity index (χ4n) is 2.61. The van der Waals surface area contributed by atoms with E-state index in [1.165, 1.54) is 5.56 Å². The van der Waals surface area contributed by atoms with Gasteiger partial charge in [0.2, 0.25) is 0 Å². The first-order chi connectivity index (χ1) is 9.16. The molecule has 1 atom stereocenters. The third kappa shape index (κ3) is 2.27. The Hall–Kier alpha value is -1.36. The maximum atomic E-state index is 12.7. The molecule has 0 saturated carbocycles. The van der Waals surface area contributed by atoms with Gasteiger partial charge in [0.25, 0.3) is 5.91 Å². The van der Waals surface area contributed by atoms with Gasteiger partial charge >= 0.3 is 0 Å². The van der Waals surface area contributed by atoms with Crippen molar-refractivity contribution < 1.29 is 4.79 Å². The largest absolute Gasteiger partial charge is 0.305 e. The van der Waals surface area contributed by atoms with Crippen LogP contribution in [0.15, 0.2) is 48.5 Å². The molecule has 1 aliphatic rings. The quantitative estimate of drug-likeness (QED) is 0.705. The molecule has 0 unspecified atom stereocenters. The molecular formula is C16H14INO. The normalized spacial score (nSPS) is 17.4. The Morgan fingerprint density at radius 2 is 1.84 bits per heavy atom. The molecule has 0 fully saturated rings. The lowest BCUT2D eigenvalue weighted by Gasteiger charge is -2.22. The maximum Gasteiger partial charge on any atom is 0.258 e. The van der Waals surface area contributed by atoms with Gasteiger partial charge in [0.1, 0.15) is 0 Å². The van der Waals surface area contributed by atoms with E-state index < -0.39 is 0 Å². The lowest BCUT2D eigenvalue weighted by atomic mass is 10.1. The molecule has 0 N–H and O–H groups in total. The first-order valence-corrected chi connectivity index (χ1v) is 7.42. The Balaban J connectivity index is 1.98. The Morgan fingerprint density at radius 1 is 1.16 bits per heavy atom. The van der Waals surface area contributed by atoms with Crippen LogP contribution in [0.4, 0.5) is 5.69 Å². The Labute approximate surface area is 126 Å².